The Bertz CT molecular complexity index is 1690. The number of nitrogens with zero attached hydrogens (tertiary/aromatic N) is 2. The molecule has 3 heterocycles. The molecule has 1 saturated heterocycles. The minimum absolute atomic E-state index is 0.189. The normalized spacial score (nSPS) is 13.0. The highest BCUT2D eigenvalue weighted by molar-refractivity contribution is 6.15. The summed E-state index contributed by atoms with van der Waals surface area (Å²) in [7, 11) is 3.92. The first-order chi connectivity index (χ1) is 20.8. The highest BCUT2D eigenvalue weighted by Gasteiger charge is 2.31. The number of ketones is 1. The van der Waals surface area contributed by atoms with Gasteiger partial charge in [-0.1, -0.05) is 6.58 Å². The molecular formula is C30H29F2N5O6. The summed E-state index contributed by atoms with van der Waals surface area (Å²) in [5.74, 6) is -4.56. The summed E-state index contributed by atoms with van der Waals surface area (Å²) in [5, 5.41) is 9.30. The molecule has 2 aromatic carbocycles. The number of hydrogen-bond donors (Lipinski definition) is 3. The first-order valence-corrected chi connectivity index (χ1v) is 13.2. The molecule has 13 heteroatoms. The number of aromatic nitrogens is 1. The van der Waals surface area contributed by atoms with Crippen LogP contribution in [0.15, 0.2) is 53.6 Å². The van der Waals surface area contributed by atoms with Crippen LogP contribution in [-0.4, -0.2) is 64.2 Å². The summed E-state index contributed by atoms with van der Waals surface area (Å²) >= 11 is 0. The van der Waals surface area contributed by atoms with Gasteiger partial charge in [0.05, 0.1) is 50.7 Å². The molecule has 1 fully saturated rings. The molecular weight excluding hydrogens is 564 g/mol. The van der Waals surface area contributed by atoms with E-state index in [-0.39, 0.29) is 28.5 Å². The van der Waals surface area contributed by atoms with E-state index in [1.807, 2.05) is 12.1 Å². The minimum Gasteiger partial charge on any atom is -0.494 e. The Morgan fingerprint density at radius 1 is 1.05 bits per heavy atom. The standard InChI is InChI=1S/C30H29F2N5O6/c1-5-24(38)36-19-12-16(37-8-10-42-11-9-37)6-7-18(19)35-23-13-17-22(15-34-23)43-30(28(17)33-2)29(39)25-26(31)20(40-3)14-21(41-4)27(25)32/h5-7,12-15,33H,1,8-11H2,2-4H3,(H,34,35)(H,36,38). The highest BCUT2D eigenvalue weighted by atomic mass is 19.1. The number of nitrogens with one attached hydrogen (secondary N) is 3. The van der Waals surface area contributed by atoms with Gasteiger partial charge in [0, 0.05) is 37.3 Å². The maximum absolute atomic E-state index is 15.1. The predicted octanol–water partition coefficient (Wildman–Crippen LogP) is 5.10. The SMILES string of the molecule is C=CC(=O)Nc1cc(N2CCOCC2)ccc1Nc1cc2c(NC)c(C(=O)c3c(F)c(OC)cc(OC)c3F)oc2cn1. The third-order valence-electron chi connectivity index (χ3n) is 6.92. The van der Waals surface area contributed by atoms with E-state index in [0.717, 1.165) is 11.8 Å². The van der Waals surface area contributed by atoms with E-state index >= 15 is 8.78 Å². The van der Waals surface area contributed by atoms with Crippen LogP contribution in [0, 0.1) is 11.6 Å². The number of furan rings is 1. The second-order valence-corrected chi connectivity index (χ2v) is 9.38. The third kappa shape index (κ3) is 5.66. The average Bonchev–Trinajstić information content (AvgIpc) is 3.40. The van der Waals surface area contributed by atoms with E-state index in [0.29, 0.717) is 48.9 Å². The van der Waals surface area contributed by atoms with Crippen LogP contribution in [0.2, 0.25) is 0 Å². The number of fused-ring (bicyclic) bond motifs is 1. The molecule has 2 aromatic heterocycles. The van der Waals surface area contributed by atoms with Crippen LogP contribution in [-0.2, 0) is 9.53 Å². The fourth-order valence-electron chi connectivity index (χ4n) is 4.76. The summed E-state index contributed by atoms with van der Waals surface area (Å²) in [5.41, 5.74) is 1.43. The average molecular weight is 594 g/mol. The Morgan fingerprint density at radius 2 is 1.74 bits per heavy atom. The van der Waals surface area contributed by atoms with Crippen LogP contribution in [0.5, 0.6) is 11.5 Å². The van der Waals surface area contributed by atoms with E-state index in [9.17, 15) is 9.59 Å². The topological polar surface area (TPSA) is 127 Å². The van der Waals surface area contributed by atoms with Gasteiger partial charge in [-0.15, -0.1) is 0 Å². The first-order valence-electron chi connectivity index (χ1n) is 13.2. The van der Waals surface area contributed by atoms with Crippen molar-refractivity contribution in [3.8, 4) is 11.5 Å². The van der Waals surface area contributed by atoms with Crippen molar-refractivity contribution < 1.29 is 37.0 Å². The van der Waals surface area contributed by atoms with Gasteiger partial charge in [0.1, 0.15) is 11.4 Å². The molecule has 1 aliphatic heterocycles. The number of ether oxygens (including phenoxy) is 3. The van der Waals surface area contributed by atoms with Gasteiger partial charge in [-0.3, -0.25) is 9.59 Å². The zero-order chi connectivity index (χ0) is 30.7. The third-order valence-corrected chi connectivity index (χ3v) is 6.92. The number of anilines is 5. The summed E-state index contributed by atoms with van der Waals surface area (Å²) < 4.78 is 51.3. The molecule has 0 radical (unpaired) electrons. The van der Waals surface area contributed by atoms with Crippen molar-refractivity contribution in [2.75, 3.05) is 68.4 Å². The monoisotopic (exact) mass is 593 g/mol. The summed E-state index contributed by atoms with van der Waals surface area (Å²) in [6, 6.07) is 8.18. The number of carbonyl (C=O) groups excluding carboxylic acids is 2. The predicted molar refractivity (Wildman–Crippen MR) is 158 cm³/mol. The largest absolute Gasteiger partial charge is 0.494 e. The van der Waals surface area contributed by atoms with E-state index < -0.39 is 28.9 Å². The van der Waals surface area contributed by atoms with Gasteiger partial charge in [-0.2, -0.15) is 0 Å². The molecule has 5 rings (SSSR count). The van der Waals surface area contributed by atoms with Gasteiger partial charge in [0.2, 0.25) is 11.7 Å². The molecule has 0 atom stereocenters. The van der Waals surface area contributed by atoms with Gasteiger partial charge in [0.15, 0.2) is 34.5 Å². The Balaban J connectivity index is 1.52. The second kappa shape index (κ2) is 12.4. The Hall–Kier alpha value is -5.17. The first kappa shape index (κ1) is 29.3. The number of halogens is 2. The van der Waals surface area contributed by atoms with Crippen LogP contribution in [0.3, 0.4) is 0 Å². The maximum atomic E-state index is 15.1. The summed E-state index contributed by atoms with van der Waals surface area (Å²) in [6.07, 6.45) is 2.54. The van der Waals surface area contributed by atoms with Gasteiger partial charge in [-0.05, 0) is 30.3 Å². The number of amides is 1. The zero-order valence-electron chi connectivity index (χ0n) is 23.7. The lowest BCUT2D eigenvalue weighted by molar-refractivity contribution is -0.111. The molecule has 0 saturated carbocycles. The van der Waals surface area contributed by atoms with Crippen molar-refractivity contribution >= 4 is 51.2 Å². The lowest BCUT2D eigenvalue weighted by atomic mass is 10.0. The van der Waals surface area contributed by atoms with Crippen molar-refractivity contribution in [3.05, 3.63) is 72.1 Å². The number of pyridine rings is 1. The lowest BCUT2D eigenvalue weighted by Gasteiger charge is -2.29. The molecule has 0 aliphatic carbocycles. The van der Waals surface area contributed by atoms with Crippen molar-refractivity contribution in [1.29, 1.82) is 0 Å². The van der Waals surface area contributed by atoms with Crippen LogP contribution in [0.1, 0.15) is 16.1 Å². The van der Waals surface area contributed by atoms with Crippen molar-refractivity contribution in [2.24, 2.45) is 0 Å². The molecule has 1 amide bonds. The van der Waals surface area contributed by atoms with Gasteiger partial charge >= 0.3 is 0 Å². The summed E-state index contributed by atoms with van der Waals surface area (Å²) in [6.45, 7) is 6.16. The van der Waals surface area contributed by atoms with Crippen LogP contribution in [0.25, 0.3) is 11.0 Å². The van der Waals surface area contributed by atoms with Crippen LogP contribution < -0.4 is 30.3 Å². The number of morpholine rings is 1. The van der Waals surface area contributed by atoms with Gasteiger partial charge < -0.3 is 39.5 Å². The Kier molecular flexibility index (Phi) is 8.44. The van der Waals surface area contributed by atoms with Crippen molar-refractivity contribution in [1.82, 2.24) is 4.98 Å². The molecule has 4 aromatic rings. The Morgan fingerprint density at radius 3 is 2.37 bits per heavy atom. The molecule has 43 heavy (non-hydrogen) atoms. The van der Waals surface area contributed by atoms with E-state index in [1.54, 1.807) is 19.2 Å². The van der Waals surface area contributed by atoms with Gasteiger partial charge in [0.25, 0.3) is 0 Å². The van der Waals surface area contributed by atoms with E-state index in [1.165, 1.54) is 26.5 Å². The zero-order valence-corrected chi connectivity index (χ0v) is 23.7. The maximum Gasteiger partial charge on any atom is 0.247 e. The fourth-order valence-corrected chi connectivity index (χ4v) is 4.76. The minimum atomic E-state index is -1.19. The number of methoxy groups -OCH3 is 2. The number of hydrogen-bond acceptors (Lipinski definition) is 10. The van der Waals surface area contributed by atoms with Crippen LogP contribution in [0.4, 0.5) is 37.3 Å². The van der Waals surface area contributed by atoms with Crippen LogP contribution >= 0.6 is 0 Å². The molecule has 0 spiro atoms. The quantitative estimate of drug-likeness (QED) is 0.169. The van der Waals surface area contributed by atoms with E-state index in [2.05, 4.69) is 32.4 Å². The number of benzene rings is 2. The van der Waals surface area contributed by atoms with Gasteiger partial charge in [-0.25, -0.2) is 13.8 Å². The van der Waals surface area contributed by atoms with E-state index in [4.69, 9.17) is 18.6 Å². The van der Waals surface area contributed by atoms with Crippen molar-refractivity contribution in [2.45, 2.75) is 0 Å². The molecule has 1 aliphatic rings. The highest BCUT2D eigenvalue weighted by Crippen LogP contribution is 2.38. The number of carbonyl (C=O) groups is 2. The molecule has 3 N–H and O–H groups in total. The molecule has 224 valence electrons. The number of rotatable bonds is 10. The fraction of sp³-hybridized carbons (Fsp3) is 0.233. The smallest absolute Gasteiger partial charge is 0.247 e. The molecule has 11 nitrogen and oxygen atoms in total. The Labute approximate surface area is 245 Å². The molecule has 0 unspecified atom stereocenters. The summed E-state index contributed by atoms with van der Waals surface area (Å²) in [4.78, 5) is 32.2. The lowest BCUT2D eigenvalue weighted by Crippen LogP contribution is -2.36. The van der Waals surface area contributed by atoms with Crippen molar-refractivity contribution in [3.63, 3.8) is 0 Å². The molecule has 0 bridgehead atoms. The second-order valence-electron chi connectivity index (χ2n) is 9.38.